The van der Waals surface area contributed by atoms with Gasteiger partial charge in [0, 0.05) is 18.3 Å². The highest BCUT2D eigenvalue weighted by Crippen LogP contribution is 2.05. The van der Waals surface area contributed by atoms with Crippen LogP contribution in [0.4, 0.5) is 0 Å². The molecule has 4 heteroatoms. The fourth-order valence-corrected chi connectivity index (χ4v) is 2.26. The second-order valence-corrected chi connectivity index (χ2v) is 5.06. The zero-order valence-electron chi connectivity index (χ0n) is 7.60. The van der Waals surface area contributed by atoms with Crippen molar-refractivity contribution in [1.29, 1.82) is 0 Å². The molecule has 0 fully saturated rings. The molecule has 1 atom stereocenters. The fourth-order valence-electron chi connectivity index (χ4n) is 1.04. The highest BCUT2D eigenvalue weighted by molar-refractivity contribution is 6.32. The molecule has 0 aliphatic carbocycles. The number of rotatable bonds is 6. The van der Waals surface area contributed by atoms with E-state index in [2.05, 4.69) is 6.92 Å². The van der Waals surface area contributed by atoms with Crippen LogP contribution in [0.5, 0.6) is 0 Å². The van der Waals surface area contributed by atoms with Gasteiger partial charge in [-0.3, -0.25) is 0 Å². The monoisotopic (exact) mass is 176 g/mol. The van der Waals surface area contributed by atoms with Gasteiger partial charge in [-0.2, -0.15) is 0 Å². The van der Waals surface area contributed by atoms with Crippen LogP contribution in [0.25, 0.3) is 0 Å². The normalized spacial score (nSPS) is 17.5. The standard InChI is InChI=1S/C7H20N2OSi/c1-3-5-7(9,6-8)11-10-4-2/h3-6,8-9,11H2,1-2H3. The van der Waals surface area contributed by atoms with Gasteiger partial charge in [0.1, 0.15) is 0 Å². The van der Waals surface area contributed by atoms with Crippen LogP contribution < -0.4 is 11.5 Å². The minimum absolute atomic E-state index is 0.162. The Balaban J connectivity index is 3.68. The Labute approximate surface area is 71.4 Å². The van der Waals surface area contributed by atoms with Crippen molar-refractivity contribution in [3.8, 4) is 0 Å². The lowest BCUT2D eigenvalue weighted by molar-refractivity contribution is 0.330. The van der Waals surface area contributed by atoms with E-state index in [1.807, 2.05) is 6.92 Å². The van der Waals surface area contributed by atoms with Crippen molar-refractivity contribution >= 4 is 9.76 Å². The first-order chi connectivity index (χ1) is 5.18. The van der Waals surface area contributed by atoms with Gasteiger partial charge in [-0.15, -0.1) is 0 Å². The van der Waals surface area contributed by atoms with Crippen LogP contribution in [-0.4, -0.2) is 28.1 Å². The Bertz CT molecular complexity index is 102. The van der Waals surface area contributed by atoms with E-state index in [0.717, 1.165) is 19.4 Å². The minimum Gasteiger partial charge on any atom is -0.422 e. The first kappa shape index (κ1) is 11.1. The van der Waals surface area contributed by atoms with Gasteiger partial charge in [-0.05, 0) is 13.3 Å². The molecule has 0 aromatic heterocycles. The van der Waals surface area contributed by atoms with Crippen LogP contribution in [0.2, 0.25) is 0 Å². The lowest BCUT2D eigenvalue weighted by Crippen LogP contribution is -2.53. The molecule has 0 aliphatic rings. The van der Waals surface area contributed by atoms with Gasteiger partial charge in [0.05, 0.1) is 0 Å². The predicted molar refractivity (Wildman–Crippen MR) is 51.1 cm³/mol. The van der Waals surface area contributed by atoms with E-state index >= 15 is 0 Å². The molecule has 3 nitrogen and oxygen atoms in total. The molecule has 0 aromatic rings. The SMILES string of the molecule is CCCC(N)(CN)[SiH2]OCC. The van der Waals surface area contributed by atoms with Gasteiger partial charge in [0.25, 0.3) is 0 Å². The highest BCUT2D eigenvalue weighted by Gasteiger charge is 2.22. The van der Waals surface area contributed by atoms with Crippen molar-refractivity contribution in [1.82, 2.24) is 0 Å². The molecule has 0 spiro atoms. The Hall–Kier alpha value is 0.0969. The maximum absolute atomic E-state index is 6.01. The van der Waals surface area contributed by atoms with E-state index in [0.29, 0.717) is 6.54 Å². The molecule has 0 saturated carbocycles. The third kappa shape index (κ3) is 4.52. The van der Waals surface area contributed by atoms with Crippen LogP contribution in [0, 0.1) is 0 Å². The largest absolute Gasteiger partial charge is 0.422 e. The summed E-state index contributed by atoms with van der Waals surface area (Å²) in [6.45, 7) is 5.45. The molecule has 0 bridgehead atoms. The molecule has 0 saturated heterocycles. The molecular formula is C7H20N2OSi. The first-order valence-electron chi connectivity index (χ1n) is 4.25. The summed E-state index contributed by atoms with van der Waals surface area (Å²) in [5.74, 6) is 0. The second kappa shape index (κ2) is 5.71. The molecule has 0 rings (SSSR count). The predicted octanol–water partition coefficient (Wildman–Crippen LogP) is -0.479. The van der Waals surface area contributed by atoms with Gasteiger partial charge >= 0.3 is 0 Å². The van der Waals surface area contributed by atoms with E-state index in [4.69, 9.17) is 15.9 Å². The minimum atomic E-state index is -0.629. The van der Waals surface area contributed by atoms with Crippen molar-refractivity contribution in [2.75, 3.05) is 13.2 Å². The van der Waals surface area contributed by atoms with E-state index in [1.54, 1.807) is 0 Å². The first-order valence-corrected chi connectivity index (χ1v) is 5.53. The molecule has 11 heavy (non-hydrogen) atoms. The summed E-state index contributed by atoms with van der Waals surface area (Å²) in [5, 5.41) is -0.162. The summed E-state index contributed by atoms with van der Waals surface area (Å²) in [4.78, 5) is 0. The van der Waals surface area contributed by atoms with E-state index in [-0.39, 0.29) is 5.16 Å². The number of hydrogen-bond acceptors (Lipinski definition) is 3. The van der Waals surface area contributed by atoms with Crippen LogP contribution in [0.3, 0.4) is 0 Å². The molecule has 0 amide bonds. The van der Waals surface area contributed by atoms with Gasteiger partial charge < -0.3 is 15.9 Å². The zero-order chi connectivity index (χ0) is 8.74. The Kier molecular flexibility index (Phi) is 5.76. The summed E-state index contributed by atoms with van der Waals surface area (Å²) in [7, 11) is -0.629. The van der Waals surface area contributed by atoms with E-state index < -0.39 is 9.76 Å². The van der Waals surface area contributed by atoms with Crippen molar-refractivity contribution in [2.24, 2.45) is 11.5 Å². The lowest BCUT2D eigenvalue weighted by atomic mass is 10.2. The molecule has 4 N–H and O–H groups in total. The number of hydrogen-bond donors (Lipinski definition) is 2. The van der Waals surface area contributed by atoms with Crippen molar-refractivity contribution in [3.63, 3.8) is 0 Å². The lowest BCUT2D eigenvalue weighted by Gasteiger charge is -2.26. The van der Waals surface area contributed by atoms with Gasteiger partial charge in [0.15, 0.2) is 9.76 Å². The summed E-state index contributed by atoms with van der Waals surface area (Å²) in [6, 6.07) is 0. The van der Waals surface area contributed by atoms with Crippen LogP contribution in [0.1, 0.15) is 26.7 Å². The van der Waals surface area contributed by atoms with Crippen molar-refractivity contribution in [2.45, 2.75) is 31.9 Å². The third-order valence-electron chi connectivity index (χ3n) is 1.75. The molecule has 0 aromatic carbocycles. The second-order valence-electron chi connectivity index (χ2n) is 2.95. The summed E-state index contributed by atoms with van der Waals surface area (Å²) in [5.41, 5.74) is 11.6. The maximum Gasteiger partial charge on any atom is 0.182 e. The van der Waals surface area contributed by atoms with Gasteiger partial charge in [-0.25, -0.2) is 0 Å². The van der Waals surface area contributed by atoms with Gasteiger partial charge in [-0.1, -0.05) is 13.3 Å². The van der Waals surface area contributed by atoms with Crippen LogP contribution in [0.15, 0.2) is 0 Å². The number of nitrogens with two attached hydrogens (primary N) is 2. The third-order valence-corrected chi connectivity index (χ3v) is 3.58. The highest BCUT2D eigenvalue weighted by atomic mass is 28.2. The average molecular weight is 176 g/mol. The fraction of sp³-hybridized carbons (Fsp3) is 1.00. The molecule has 0 heterocycles. The van der Waals surface area contributed by atoms with Gasteiger partial charge in [0.2, 0.25) is 0 Å². The summed E-state index contributed by atoms with van der Waals surface area (Å²) in [6.07, 6.45) is 2.09. The van der Waals surface area contributed by atoms with Crippen LogP contribution in [-0.2, 0) is 4.43 Å². The Morgan fingerprint density at radius 1 is 1.45 bits per heavy atom. The summed E-state index contributed by atoms with van der Waals surface area (Å²) >= 11 is 0. The van der Waals surface area contributed by atoms with E-state index in [1.165, 1.54) is 0 Å². The Morgan fingerprint density at radius 2 is 2.09 bits per heavy atom. The zero-order valence-corrected chi connectivity index (χ0v) is 9.01. The molecule has 1 unspecified atom stereocenters. The topological polar surface area (TPSA) is 61.3 Å². The molecule has 68 valence electrons. The molecule has 0 radical (unpaired) electrons. The van der Waals surface area contributed by atoms with E-state index in [9.17, 15) is 0 Å². The quantitative estimate of drug-likeness (QED) is 0.537. The molecular weight excluding hydrogens is 156 g/mol. The smallest absolute Gasteiger partial charge is 0.182 e. The van der Waals surface area contributed by atoms with Crippen molar-refractivity contribution in [3.05, 3.63) is 0 Å². The molecule has 0 aliphatic heterocycles. The summed E-state index contributed by atoms with van der Waals surface area (Å²) < 4.78 is 5.38. The van der Waals surface area contributed by atoms with Crippen molar-refractivity contribution < 1.29 is 4.43 Å². The maximum atomic E-state index is 6.01. The van der Waals surface area contributed by atoms with Crippen LogP contribution >= 0.6 is 0 Å². The average Bonchev–Trinajstić information content (AvgIpc) is 2.02. The Morgan fingerprint density at radius 3 is 2.45 bits per heavy atom.